The molecule has 1 amide bonds. The lowest BCUT2D eigenvalue weighted by molar-refractivity contribution is -0.121. The fraction of sp³-hybridized carbons (Fsp3) is 0.429. The third-order valence-corrected chi connectivity index (χ3v) is 5.18. The van der Waals surface area contributed by atoms with Crippen molar-refractivity contribution < 1.29 is 14.3 Å². The van der Waals surface area contributed by atoms with Gasteiger partial charge in [-0.3, -0.25) is 14.2 Å². The summed E-state index contributed by atoms with van der Waals surface area (Å²) >= 11 is 0. The van der Waals surface area contributed by atoms with Crippen LogP contribution in [-0.4, -0.2) is 29.3 Å². The molecule has 9 nitrogen and oxygen atoms in total. The molecule has 0 spiro atoms. The second-order valence-corrected chi connectivity index (χ2v) is 7.04. The highest BCUT2D eigenvalue weighted by Gasteiger charge is 2.21. The molecule has 0 saturated carbocycles. The number of nitrogens with zero attached hydrogens (tertiary/aromatic N) is 3. The van der Waals surface area contributed by atoms with Gasteiger partial charge in [0, 0.05) is 18.8 Å². The molecule has 3 rings (SSSR count). The fourth-order valence-electron chi connectivity index (χ4n) is 3.61. The van der Waals surface area contributed by atoms with Crippen LogP contribution in [0.4, 0.5) is 0 Å². The number of nitrogens with one attached hydrogen (secondary N) is 1. The van der Waals surface area contributed by atoms with E-state index >= 15 is 0 Å². The van der Waals surface area contributed by atoms with E-state index in [9.17, 15) is 19.6 Å². The monoisotopic (exact) mass is 412 g/mol. The van der Waals surface area contributed by atoms with Crippen LogP contribution in [-0.2, 0) is 30.8 Å². The van der Waals surface area contributed by atoms with Crippen LogP contribution >= 0.6 is 0 Å². The Balaban J connectivity index is 1.80. The molecule has 1 aliphatic heterocycles. The van der Waals surface area contributed by atoms with Gasteiger partial charge in [0.2, 0.25) is 5.91 Å². The normalized spacial score (nSPS) is 13.0. The average molecular weight is 412 g/mol. The number of hydrogen-bond donors (Lipinski definition) is 1. The van der Waals surface area contributed by atoms with E-state index in [1.807, 2.05) is 6.07 Å². The van der Waals surface area contributed by atoms with Crippen LogP contribution in [0.15, 0.2) is 27.8 Å². The molecule has 0 unspecified atom stereocenters. The Morgan fingerprint density at radius 1 is 1.17 bits per heavy atom. The molecule has 1 N–H and O–H groups in total. The molecule has 2 aromatic rings. The molecule has 2 heterocycles. The highest BCUT2D eigenvalue weighted by Crippen LogP contribution is 2.27. The zero-order valence-corrected chi connectivity index (χ0v) is 17.1. The molecule has 9 heteroatoms. The summed E-state index contributed by atoms with van der Waals surface area (Å²) in [5, 5.41) is 12.2. The summed E-state index contributed by atoms with van der Waals surface area (Å²) in [4.78, 5) is 38.0. The van der Waals surface area contributed by atoms with E-state index < -0.39 is 23.7 Å². The van der Waals surface area contributed by atoms with Gasteiger partial charge in [0.25, 0.3) is 5.56 Å². The highest BCUT2D eigenvalue weighted by molar-refractivity contribution is 5.75. The van der Waals surface area contributed by atoms with Gasteiger partial charge in [0.1, 0.15) is 18.2 Å². The Morgan fingerprint density at radius 3 is 2.63 bits per heavy atom. The highest BCUT2D eigenvalue weighted by atomic mass is 16.5. The maximum Gasteiger partial charge on any atom is 0.331 e. The van der Waals surface area contributed by atoms with Crippen molar-refractivity contribution in [2.45, 2.75) is 45.3 Å². The predicted molar refractivity (Wildman–Crippen MR) is 109 cm³/mol. The number of aromatic nitrogens is 2. The minimum Gasteiger partial charge on any atom is -0.493 e. The van der Waals surface area contributed by atoms with Gasteiger partial charge >= 0.3 is 5.69 Å². The summed E-state index contributed by atoms with van der Waals surface area (Å²) < 4.78 is 12.7. The van der Waals surface area contributed by atoms with Crippen molar-refractivity contribution in [3.8, 4) is 17.6 Å². The number of hydrogen-bond acceptors (Lipinski definition) is 6. The number of fused-ring (bicyclic) bond motifs is 1. The summed E-state index contributed by atoms with van der Waals surface area (Å²) in [6, 6.07) is 7.16. The molecule has 158 valence electrons. The summed E-state index contributed by atoms with van der Waals surface area (Å²) in [6.45, 7) is 0.182. The van der Waals surface area contributed by atoms with Crippen molar-refractivity contribution in [1.29, 1.82) is 5.26 Å². The third-order valence-electron chi connectivity index (χ3n) is 5.18. The summed E-state index contributed by atoms with van der Waals surface area (Å²) in [7, 11) is 3.05. The van der Waals surface area contributed by atoms with Gasteiger partial charge in [-0.05, 0) is 37.0 Å². The molecule has 0 radical (unpaired) electrons. The minimum absolute atomic E-state index is 0.0517. The van der Waals surface area contributed by atoms with Crippen molar-refractivity contribution in [3.05, 3.63) is 55.9 Å². The van der Waals surface area contributed by atoms with Crippen molar-refractivity contribution >= 4 is 5.91 Å². The summed E-state index contributed by atoms with van der Waals surface area (Å²) in [6.07, 6.45) is 3.05. The van der Waals surface area contributed by atoms with Crippen LogP contribution in [0, 0.1) is 11.3 Å². The van der Waals surface area contributed by atoms with Crippen LogP contribution in [0.3, 0.4) is 0 Å². The van der Waals surface area contributed by atoms with Crippen LogP contribution in [0.2, 0.25) is 0 Å². The smallest absolute Gasteiger partial charge is 0.331 e. The van der Waals surface area contributed by atoms with Gasteiger partial charge in [0.15, 0.2) is 11.5 Å². The van der Waals surface area contributed by atoms with Gasteiger partial charge in [-0.2, -0.15) is 5.26 Å². The molecule has 1 aromatic heterocycles. The van der Waals surface area contributed by atoms with Crippen LogP contribution in [0.25, 0.3) is 0 Å². The van der Waals surface area contributed by atoms with E-state index in [4.69, 9.17) is 9.47 Å². The lowest BCUT2D eigenvalue weighted by Gasteiger charge is -2.15. The number of carbonyl (C=O) groups excluding carboxylic acids is 1. The zero-order chi connectivity index (χ0) is 21.7. The maximum atomic E-state index is 12.8. The molecule has 1 aliphatic rings. The van der Waals surface area contributed by atoms with Crippen LogP contribution in [0.5, 0.6) is 11.5 Å². The lowest BCUT2D eigenvalue weighted by atomic mass is 10.1. The predicted octanol–water partition coefficient (Wildman–Crippen LogP) is 0.942. The largest absolute Gasteiger partial charge is 0.493 e. The van der Waals surface area contributed by atoms with E-state index in [-0.39, 0.29) is 12.1 Å². The molecule has 0 fully saturated rings. The SMILES string of the molecule is COc1ccc(CNC(=O)Cn2c(=O)c(C#N)c3n(c2=O)CCCCC3)cc1OC. The molecule has 0 saturated heterocycles. The van der Waals surface area contributed by atoms with Gasteiger partial charge in [-0.25, -0.2) is 9.36 Å². The molecular formula is C21H24N4O5. The van der Waals surface area contributed by atoms with Crippen molar-refractivity contribution in [2.75, 3.05) is 14.2 Å². The Hall–Kier alpha value is -3.54. The second kappa shape index (κ2) is 9.31. The molecule has 30 heavy (non-hydrogen) atoms. The standard InChI is InChI=1S/C21H24N4O5/c1-29-17-8-7-14(10-18(17)30-2)12-23-19(26)13-25-20(27)15(11-22)16-6-4-3-5-9-24(16)21(25)28/h7-8,10H,3-6,9,12-13H2,1-2H3,(H,23,26). The van der Waals surface area contributed by atoms with E-state index in [0.717, 1.165) is 29.4 Å². The van der Waals surface area contributed by atoms with Crippen molar-refractivity contribution in [1.82, 2.24) is 14.5 Å². The molecule has 1 aromatic carbocycles. The quantitative estimate of drug-likeness (QED) is 0.755. The number of nitriles is 1. The number of methoxy groups -OCH3 is 2. The van der Waals surface area contributed by atoms with Gasteiger partial charge in [-0.1, -0.05) is 12.5 Å². The van der Waals surface area contributed by atoms with Gasteiger partial charge < -0.3 is 14.8 Å². The van der Waals surface area contributed by atoms with Crippen LogP contribution < -0.4 is 26.0 Å². The van der Waals surface area contributed by atoms with E-state index in [0.29, 0.717) is 30.2 Å². The minimum atomic E-state index is -0.711. The van der Waals surface area contributed by atoms with E-state index in [2.05, 4.69) is 5.32 Å². The first kappa shape index (κ1) is 21.2. The summed E-state index contributed by atoms with van der Waals surface area (Å²) in [5.74, 6) is 0.603. The van der Waals surface area contributed by atoms with Crippen LogP contribution in [0.1, 0.15) is 36.1 Å². The first-order valence-electron chi connectivity index (χ1n) is 9.74. The molecule has 0 aliphatic carbocycles. The fourth-order valence-corrected chi connectivity index (χ4v) is 3.61. The summed E-state index contributed by atoms with van der Waals surface area (Å²) in [5.41, 5.74) is -0.0602. The van der Waals surface area contributed by atoms with Gasteiger partial charge in [0.05, 0.1) is 14.2 Å². The number of benzene rings is 1. The molecular weight excluding hydrogens is 388 g/mol. The third kappa shape index (κ3) is 4.22. The van der Waals surface area contributed by atoms with E-state index in [1.165, 1.54) is 18.8 Å². The Labute approximate surface area is 173 Å². The number of carbonyl (C=O) groups is 1. The zero-order valence-electron chi connectivity index (χ0n) is 17.1. The first-order chi connectivity index (χ1) is 14.5. The number of rotatable bonds is 6. The Morgan fingerprint density at radius 2 is 1.93 bits per heavy atom. The maximum absolute atomic E-state index is 12.8. The van der Waals surface area contributed by atoms with Crippen molar-refractivity contribution in [3.63, 3.8) is 0 Å². The average Bonchev–Trinajstić information content (AvgIpc) is 3.01. The second-order valence-electron chi connectivity index (χ2n) is 7.04. The lowest BCUT2D eigenvalue weighted by Crippen LogP contribution is -2.46. The topological polar surface area (TPSA) is 115 Å². The Kier molecular flexibility index (Phi) is 6.57. The van der Waals surface area contributed by atoms with Gasteiger partial charge in [-0.15, -0.1) is 0 Å². The Bertz CT molecular complexity index is 1110. The van der Waals surface area contributed by atoms with Crippen molar-refractivity contribution in [2.24, 2.45) is 0 Å². The molecule has 0 atom stereocenters. The number of ether oxygens (including phenoxy) is 2. The molecule has 0 bridgehead atoms. The number of amides is 1. The first-order valence-corrected chi connectivity index (χ1v) is 9.74. The van der Waals surface area contributed by atoms with E-state index in [1.54, 1.807) is 18.2 Å².